The molecule has 3 unspecified atom stereocenters. The van der Waals surface area contributed by atoms with Gasteiger partial charge in [0.15, 0.2) is 6.73 Å². The van der Waals surface area contributed by atoms with Gasteiger partial charge in [0.1, 0.15) is 13.5 Å². The molecule has 1 saturated carbocycles. The number of allylic oxidation sites excluding steroid dienone is 2. The first kappa shape index (κ1) is 89.6. The first-order chi connectivity index (χ1) is 66.9. The Bertz CT molecular complexity index is 8080. The number of benzene rings is 16. The molecule has 24 aromatic rings. The van der Waals surface area contributed by atoms with Gasteiger partial charge in [0.05, 0.1) is 83.2 Å². The van der Waals surface area contributed by atoms with Gasteiger partial charge in [0.25, 0.3) is 0 Å². The Morgan fingerprint density at radius 1 is 0.294 bits per heavy atom. The van der Waals surface area contributed by atoms with Crippen LogP contribution in [0.1, 0.15) is 70.6 Å². The molecule has 0 spiro atoms. The number of hydrogen-bond donors (Lipinski definition) is 4. The summed E-state index contributed by atoms with van der Waals surface area (Å²) in [6.45, 7) is 0.482. The molecule has 8 heterocycles. The molecule has 0 aliphatic heterocycles. The van der Waals surface area contributed by atoms with E-state index in [0.717, 1.165) is 102 Å². The van der Waals surface area contributed by atoms with Gasteiger partial charge in [0.2, 0.25) is 0 Å². The second-order valence-electron chi connectivity index (χ2n) is 35.8. The number of ether oxygens (including phenoxy) is 1. The fourth-order valence-corrected chi connectivity index (χ4v) is 23.9. The number of carbonyl (C=O) groups is 1. The van der Waals surface area contributed by atoms with E-state index in [0.29, 0.717) is 18.4 Å². The Morgan fingerprint density at radius 3 is 0.853 bits per heavy atom. The normalized spacial score (nSPS) is 14.2. The maximum atomic E-state index is 13.4. The zero-order valence-corrected chi connectivity index (χ0v) is 84.9. The van der Waals surface area contributed by atoms with Crippen LogP contribution < -0.4 is 0 Å². The van der Waals surface area contributed by atoms with E-state index < -0.39 is 0 Å². The van der Waals surface area contributed by atoms with Gasteiger partial charge in [-0.15, -0.1) is 0 Å². The quantitative estimate of drug-likeness (QED) is 0.0210. The number of unbranched alkanes of at least 4 members (excludes halogenated alkanes) is 8. The number of carbonyl (C=O) groups excluding carboxylic acids is 1. The Kier molecular flexibility index (Phi) is 25.8. The minimum absolute atomic E-state index is 0.0151. The third-order valence-corrected chi connectivity index (χ3v) is 31.1. The molecular formula is C118H97BrI4N8O5. The number of hydrogen-bond acceptors (Lipinski definition) is 5. The van der Waals surface area contributed by atoms with Crippen molar-refractivity contribution in [2.24, 2.45) is 17.8 Å². The predicted octanol–water partition coefficient (Wildman–Crippen LogP) is 32.0. The zero-order chi connectivity index (χ0) is 92.2. The van der Waals surface area contributed by atoms with Crippen LogP contribution in [-0.4, -0.2) is 70.2 Å². The van der Waals surface area contributed by atoms with Gasteiger partial charge in [-0.05, 0) is 322 Å². The van der Waals surface area contributed by atoms with Gasteiger partial charge in [-0.3, -0.25) is 4.79 Å². The van der Waals surface area contributed by atoms with E-state index >= 15 is 0 Å². The minimum atomic E-state index is -0.0827. The van der Waals surface area contributed by atoms with Crippen molar-refractivity contribution < 1.29 is 24.9 Å². The number of alkyl halides is 1. The number of nitrogens with one attached hydrogen (secondary N) is 1. The molecule has 13 nitrogen and oxygen atoms in total. The highest BCUT2D eigenvalue weighted by Gasteiger charge is 2.41. The summed E-state index contributed by atoms with van der Waals surface area (Å²) in [6, 6.07) is 121. The van der Waals surface area contributed by atoms with E-state index in [2.05, 4.69) is 486 Å². The first-order valence-electron chi connectivity index (χ1n) is 46.9. The maximum Gasteiger partial charge on any atom is 0.311 e. The van der Waals surface area contributed by atoms with Crippen LogP contribution in [-0.2, 0) is 29.7 Å². The van der Waals surface area contributed by atoms with E-state index in [-0.39, 0.29) is 32.1 Å². The van der Waals surface area contributed by atoms with Crippen molar-refractivity contribution in [1.82, 2.24) is 37.0 Å². The van der Waals surface area contributed by atoms with Crippen LogP contribution >= 0.6 is 106 Å². The van der Waals surface area contributed by atoms with Gasteiger partial charge in [-0.2, -0.15) is 0 Å². The molecule has 2 aliphatic rings. The third-order valence-electron chi connectivity index (χ3n) is 27.8. The Morgan fingerprint density at radius 2 is 0.566 bits per heavy atom. The third kappa shape index (κ3) is 16.7. The van der Waals surface area contributed by atoms with E-state index in [1.165, 1.54) is 185 Å². The Balaban J connectivity index is 0.000000110. The average molecular weight is 2290 g/mol. The lowest BCUT2D eigenvalue weighted by Gasteiger charge is -2.17. The monoisotopic (exact) mass is 2290 g/mol. The highest BCUT2D eigenvalue weighted by Crippen LogP contribution is 2.47. The molecule has 0 saturated heterocycles. The largest absolute Gasteiger partial charge is 0.444 e. The first-order valence-corrected chi connectivity index (χ1v) is 52.4. The lowest BCUT2D eigenvalue weighted by molar-refractivity contribution is -0.153. The number of H-pyrrole nitrogens is 1. The summed E-state index contributed by atoms with van der Waals surface area (Å²) in [5.41, 5.74) is 22.6. The van der Waals surface area contributed by atoms with Crippen LogP contribution in [0.2, 0.25) is 0 Å². The lowest BCUT2D eigenvalue weighted by Crippen LogP contribution is -2.22. The van der Waals surface area contributed by atoms with Gasteiger partial charge >= 0.3 is 5.97 Å². The molecule has 0 radical (unpaired) electrons. The second-order valence-corrected chi connectivity index (χ2v) is 41.5. The molecule has 2 bridgehead atoms. The summed E-state index contributed by atoms with van der Waals surface area (Å²) in [5, 5.41) is 49.2. The average Bonchev–Trinajstić information content (AvgIpc) is 1.58. The summed E-state index contributed by atoms with van der Waals surface area (Å²) in [5.74, 6) is 0.708. The Hall–Kier alpha value is -11.6. The summed E-state index contributed by atoms with van der Waals surface area (Å²) >= 11 is 12.8. The van der Waals surface area contributed by atoms with Gasteiger partial charge in [-0.25, -0.2) is 0 Å². The number of halogens is 5. The van der Waals surface area contributed by atoms with Crippen LogP contribution in [0.4, 0.5) is 0 Å². The Labute approximate surface area is 849 Å². The van der Waals surface area contributed by atoms with Gasteiger partial charge < -0.3 is 57.0 Å². The maximum absolute atomic E-state index is 13.4. The molecule has 1 fully saturated rings. The molecule has 18 heteroatoms. The molecule has 2 aliphatic carbocycles. The molecule has 16 aromatic carbocycles. The highest BCUT2D eigenvalue weighted by atomic mass is 127. The topological polar surface area (TPSA) is 137 Å². The molecule has 8 aromatic heterocycles. The van der Waals surface area contributed by atoms with Crippen LogP contribution in [0.5, 0.6) is 0 Å². The molecule has 3 atom stereocenters. The SMILES string of the molecule is Ic1ccc2[nH]c3ccc(I)cc3c2c1.O=C(OCn1c2ccc(-n3c4ccccc4c4ccccc43)cc2c2cc(-n3c4ccccc4c4ccccc43)ccc21)C1CC2C=CC1C2.OCCCCCCCCCCCBr.OCn1c2ccc(-n3c4ccccc4c4ccccc43)cc2c2cc(-n3c4ccccc4c4ccccc43)ccc21.OCn1c2ccc(I)cc2c2cc(I)ccc21. The van der Waals surface area contributed by atoms with Crippen molar-refractivity contribution in [1.29, 1.82) is 0 Å². The smallest absolute Gasteiger partial charge is 0.311 e. The number of aromatic nitrogens is 8. The van der Waals surface area contributed by atoms with Gasteiger partial charge in [0, 0.05) is 146 Å². The van der Waals surface area contributed by atoms with Crippen molar-refractivity contribution in [2.75, 3.05) is 11.9 Å². The highest BCUT2D eigenvalue weighted by molar-refractivity contribution is 14.1. The van der Waals surface area contributed by atoms with Crippen molar-refractivity contribution in [2.45, 2.75) is 90.8 Å². The molecule has 26 rings (SSSR count). The van der Waals surface area contributed by atoms with Gasteiger partial charge in [-0.1, -0.05) is 219 Å². The van der Waals surface area contributed by atoms with Crippen LogP contribution in [0.25, 0.3) is 197 Å². The number of aliphatic hydroxyl groups excluding tert-OH is 3. The fourth-order valence-electron chi connectivity index (χ4n) is 21.6. The fraction of sp³-hybridized carbons (Fsp3) is 0.161. The van der Waals surface area contributed by atoms with Crippen molar-refractivity contribution in [3.05, 3.63) is 366 Å². The minimum Gasteiger partial charge on any atom is -0.444 e. The summed E-state index contributed by atoms with van der Waals surface area (Å²) in [4.78, 5) is 16.9. The molecule has 136 heavy (non-hydrogen) atoms. The van der Waals surface area contributed by atoms with Crippen molar-refractivity contribution in [3.63, 3.8) is 0 Å². The van der Waals surface area contributed by atoms with Crippen molar-refractivity contribution >= 4 is 287 Å². The number of aromatic amines is 1. The summed E-state index contributed by atoms with van der Waals surface area (Å²) in [7, 11) is 0. The van der Waals surface area contributed by atoms with E-state index in [1.807, 2.05) is 9.13 Å². The second kappa shape index (κ2) is 39.1. The zero-order valence-electron chi connectivity index (χ0n) is 74.7. The summed E-state index contributed by atoms with van der Waals surface area (Å²) < 4.78 is 26.7. The summed E-state index contributed by atoms with van der Waals surface area (Å²) in [6.07, 6.45) is 18.2. The number of rotatable bonds is 19. The van der Waals surface area contributed by atoms with E-state index in [1.54, 1.807) is 0 Å². The number of aliphatic hydroxyl groups is 3. The number of para-hydroxylation sites is 8. The number of fused-ring (bicyclic) bond motifs is 26. The standard InChI is InChI=1S/C45H33N3O2.C37H25N3O.C13H9I2NO.C12H7I2N.C11H23BrO/c49-45(36-24-28-17-18-29(36)23-28)50-27-46-39-21-19-30(47-41-13-5-1-9-32(41)33-10-2-6-14-42(33)47)25-37(39)38-26-31(20-22-40(38)46)48-43-15-7-3-11-34(43)35-12-4-8-16-44(35)48;41-23-38-32-19-17-24(39-34-13-5-1-9-26(34)27-10-2-6-14-35(27)39)21-30(32)31-22-25(18-20-33(31)38)40-36-15-7-3-11-28(36)29-12-4-8-16-37(29)40;14-8-1-3-12-10(5-8)11-6-9(15)2-4-13(11)16(12)7-17;13-7-1-3-11-9(5-7)10-6-8(14)2-4-12(10)15-11;12-10-8-6-4-2-1-3-5-7-9-11-13/h1-22,25-26,28-29,36H,23-24,27H2;1-22,41H,23H2;1-6,17H,7H2;1-6,15H;13H,1-11H2. The van der Waals surface area contributed by atoms with Crippen LogP contribution in [0.15, 0.2) is 352 Å². The van der Waals surface area contributed by atoms with Crippen LogP contribution in [0, 0.1) is 32.0 Å². The molecule has 674 valence electrons. The number of nitrogens with zero attached hydrogens (tertiary/aromatic N) is 7. The lowest BCUT2D eigenvalue weighted by atomic mass is 9.94. The molecular weight excluding hydrogens is 2200 g/mol. The predicted molar refractivity (Wildman–Crippen MR) is 604 cm³/mol. The molecule has 0 amide bonds. The van der Waals surface area contributed by atoms with E-state index in [9.17, 15) is 15.0 Å². The van der Waals surface area contributed by atoms with E-state index in [4.69, 9.17) is 9.84 Å². The molecule has 4 N–H and O–H groups in total. The number of esters is 1. The van der Waals surface area contributed by atoms with Crippen molar-refractivity contribution in [3.8, 4) is 22.7 Å². The van der Waals surface area contributed by atoms with Crippen LogP contribution in [0.3, 0.4) is 0 Å².